The Morgan fingerprint density at radius 1 is 1.27 bits per heavy atom. The Morgan fingerprint density at radius 3 is 2.77 bits per heavy atom. The van der Waals surface area contributed by atoms with Crippen LogP contribution in [0.4, 0.5) is 14.9 Å². The number of carbonyl (C=O) groups is 1. The summed E-state index contributed by atoms with van der Waals surface area (Å²) < 4.78 is 23.6. The number of aliphatic hydroxyl groups is 1. The van der Waals surface area contributed by atoms with Crippen LogP contribution in [-0.4, -0.2) is 49.5 Å². The number of nitrogens with zero attached hydrogens (tertiary/aromatic N) is 1. The number of ether oxygens (including phenoxy) is 2. The molecule has 0 saturated carbocycles. The van der Waals surface area contributed by atoms with Crippen molar-refractivity contribution in [2.45, 2.75) is 12.7 Å². The van der Waals surface area contributed by atoms with Gasteiger partial charge < -0.3 is 24.8 Å². The molecule has 1 unspecified atom stereocenters. The van der Waals surface area contributed by atoms with E-state index in [2.05, 4.69) is 5.32 Å². The third-order valence-corrected chi connectivity index (χ3v) is 3.57. The molecule has 2 aromatic rings. The highest BCUT2D eigenvalue weighted by Gasteiger charge is 2.13. The van der Waals surface area contributed by atoms with Crippen LogP contribution in [0.3, 0.4) is 0 Å². The molecule has 26 heavy (non-hydrogen) atoms. The maximum atomic E-state index is 13.2. The van der Waals surface area contributed by atoms with Gasteiger partial charge in [0.1, 0.15) is 18.2 Å². The average molecular weight is 362 g/mol. The predicted octanol–water partition coefficient (Wildman–Crippen LogP) is 2.88. The second-order valence-electron chi connectivity index (χ2n) is 5.87. The maximum absolute atomic E-state index is 13.2. The Bertz CT molecular complexity index is 726. The van der Waals surface area contributed by atoms with Crippen molar-refractivity contribution in [2.75, 3.05) is 32.6 Å². The molecule has 0 fully saturated rings. The second-order valence-corrected chi connectivity index (χ2v) is 5.87. The molecule has 0 aliphatic rings. The number of amides is 2. The van der Waals surface area contributed by atoms with E-state index in [4.69, 9.17) is 9.47 Å². The third-order valence-electron chi connectivity index (χ3n) is 3.57. The third kappa shape index (κ3) is 6.34. The second kappa shape index (κ2) is 9.74. The fourth-order valence-corrected chi connectivity index (χ4v) is 2.33. The summed E-state index contributed by atoms with van der Waals surface area (Å²) in [6.45, 7) is 0.558. The molecule has 1 atom stereocenters. The maximum Gasteiger partial charge on any atom is 0.321 e. The van der Waals surface area contributed by atoms with Gasteiger partial charge in [-0.15, -0.1) is 0 Å². The number of aliphatic hydroxyl groups excluding tert-OH is 1. The fourth-order valence-electron chi connectivity index (χ4n) is 2.33. The van der Waals surface area contributed by atoms with Crippen molar-refractivity contribution in [1.29, 1.82) is 0 Å². The summed E-state index contributed by atoms with van der Waals surface area (Å²) in [6, 6.07) is 12.7. The van der Waals surface area contributed by atoms with Crippen molar-refractivity contribution in [3.63, 3.8) is 0 Å². The minimum atomic E-state index is -0.748. The molecule has 0 bridgehead atoms. The van der Waals surface area contributed by atoms with Gasteiger partial charge in [0.25, 0.3) is 0 Å². The van der Waals surface area contributed by atoms with Gasteiger partial charge in [0.05, 0.1) is 19.3 Å². The van der Waals surface area contributed by atoms with Crippen LogP contribution in [0, 0.1) is 5.82 Å². The summed E-state index contributed by atoms with van der Waals surface area (Å²) in [6.07, 6.45) is -0.748. The molecule has 0 radical (unpaired) electrons. The predicted molar refractivity (Wildman–Crippen MR) is 96.7 cm³/mol. The molecule has 140 valence electrons. The smallest absolute Gasteiger partial charge is 0.321 e. The van der Waals surface area contributed by atoms with Crippen LogP contribution >= 0.6 is 0 Å². The van der Waals surface area contributed by atoms with E-state index >= 15 is 0 Å². The molecule has 2 aromatic carbocycles. The van der Waals surface area contributed by atoms with Gasteiger partial charge in [-0.05, 0) is 29.8 Å². The Balaban J connectivity index is 1.90. The van der Waals surface area contributed by atoms with Crippen LogP contribution in [0.1, 0.15) is 5.56 Å². The first-order valence-electron chi connectivity index (χ1n) is 8.14. The largest absolute Gasteiger partial charge is 0.489 e. The number of benzene rings is 2. The van der Waals surface area contributed by atoms with Crippen molar-refractivity contribution in [3.8, 4) is 5.75 Å². The van der Waals surface area contributed by atoms with Crippen molar-refractivity contribution >= 4 is 11.7 Å². The van der Waals surface area contributed by atoms with Gasteiger partial charge in [0.15, 0.2) is 0 Å². The van der Waals surface area contributed by atoms with E-state index in [1.165, 1.54) is 24.1 Å². The number of anilines is 1. The van der Waals surface area contributed by atoms with Crippen LogP contribution < -0.4 is 10.1 Å². The Labute approximate surface area is 152 Å². The highest BCUT2D eigenvalue weighted by molar-refractivity contribution is 5.89. The van der Waals surface area contributed by atoms with Crippen molar-refractivity contribution in [2.24, 2.45) is 0 Å². The quantitative estimate of drug-likeness (QED) is 0.758. The van der Waals surface area contributed by atoms with Crippen molar-refractivity contribution in [3.05, 3.63) is 59.9 Å². The first-order chi connectivity index (χ1) is 12.5. The van der Waals surface area contributed by atoms with E-state index in [-0.39, 0.29) is 31.6 Å². The van der Waals surface area contributed by atoms with E-state index in [1.807, 2.05) is 6.07 Å². The zero-order valence-electron chi connectivity index (χ0n) is 14.8. The van der Waals surface area contributed by atoms with Gasteiger partial charge in [0, 0.05) is 25.9 Å². The highest BCUT2D eigenvalue weighted by Crippen LogP contribution is 2.16. The monoisotopic (exact) mass is 362 g/mol. The van der Waals surface area contributed by atoms with Crippen LogP contribution in [0.25, 0.3) is 0 Å². The number of likely N-dealkylation sites (N-methyl/N-ethyl adjacent to an activating group) is 1. The topological polar surface area (TPSA) is 71.0 Å². The molecular formula is C19H23FN2O4. The van der Waals surface area contributed by atoms with Crippen molar-refractivity contribution < 1.29 is 23.8 Å². The van der Waals surface area contributed by atoms with Gasteiger partial charge in [-0.3, -0.25) is 0 Å². The lowest BCUT2D eigenvalue weighted by molar-refractivity contribution is 0.0501. The fraction of sp³-hybridized carbons (Fsp3) is 0.316. The van der Waals surface area contributed by atoms with E-state index < -0.39 is 6.10 Å². The van der Waals surface area contributed by atoms with Gasteiger partial charge in [-0.1, -0.05) is 18.2 Å². The molecule has 0 aliphatic heterocycles. The molecule has 2 amide bonds. The number of nitrogens with one attached hydrogen (secondary N) is 1. The summed E-state index contributed by atoms with van der Waals surface area (Å²) in [5.74, 6) is 0.0773. The van der Waals surface area contributed by atoms with Crippen molar-refractivity contribution in [1.82, 2.24) is 4.90 Å². The zero-order valence-corrected chi connectivity index (χ0v) is 14.8. The lowest BCUT2D eigenvalue weighted by atomic mass is 10.2. The lowest BCUT2D eigenvalue weighted by Gasteiger charge is -2.21. The number of hydrogen-bond acceptors (Lipinski definition) is 4. The molecule has 2 N–H and O–H groups in total. The summed E-state index contributed by atoms with van der Waals surface area (Å²) in [5, 5.41) is 12.4. The standard InChI is InChI=1S/C19H23FN2O4/c1-22(11-17(23)13-25-2)19(24)21-16-7-3-5-14(9-16)12-26-18-8-4-6-15(20)10-18/h3-10,17,23H,11-13H2,1-2H3,(H,21,24). The van der Waals surface area contributed by atoms with Gasteiger partial charge in [-0.25, -0.2) is 9.18 Å². The number of rotatable bonds is 8. The average Bonchev–Trinajstić information content (AvgIpc) is 2.60. The molecule has 0 heterocycles. The molecule has 0 aromatic heterocycles. The van der Waals surface area contributed by atoms with E-state index in [0.717, 1.165) is 5.56 Å². The molecule has 0 aliphatic carbocycles. The molecular weight excluding hydrogens is 339 g/mol. The van der Waals surface area contributed by atoms with Gasteiger partial charge in [-0.2, -0.15) is 0 Å². The number of urea groups is 1. The van der Waals surface area contributed by atoms with E-state index in [9.17, 15) is 14.3 Å². The minimum absolute atomic E-state index is 0.155. The summed E-state index contributed by atoms with van der Waals surface area (Å²) in [7, 11) is 3.08. The summed E-state index contributed by atoms with van der Waals surface area (Å²) in [4.78, 5) is 13.5. The molecule has 0 spiro atoms. The number of carbonyl (C=O) groups excluding carboxylic acids is 1. The zero-order chi connectivity index (χ0) is 18.9. The molecule has 0 saturated heterocycles. The summed E-state index contributed by atoms with van der Waals surface area (Å²) >= 11 is 0. The van der Waals surface area contributed by atoms with E-state index in [0.29, 0.717) is 11.4 Å². The molecule has 7 heteroatoms. The first-order valence-corrected chi connectivity index (χ1v) is 8.14. The minimum Gasteiger partial charge on any atom is -0.489 e. The van der Waals surface area contributed by atoms with Gasteiger partial charge in [0.2, 0.25) is 0 Å². The number of methoxy groups -OCH3 is 1. The summed E-state index contributed by atoms with van der Waals surface area (Å²) in [5.41, 5.74) is 1.43. The Hall–Kier alpha value is -2.64. The molecule has 6 nitrogen and oxygen atoms in total. The van der Waals surface area contributed by atoms with E-state index in [1.54, 1.807) is 37.4 Å². The SMILES string of the molecule is COCC(O)CN(C)C(=O)Nc1cccc(COc2cccc(F)c2)c1. The normalized spacial score (nSPS) is 11.7. The number of hydrogen-bond donors (Lipinski definition) is 2. The lowest BCUT2D eigenvalue weighted by Crippen LogP contribution is -2.38. The van der Waals surface area contributed by atoms with Gasteiger partial charge >= 0.3 is 6.03 Å². The highest BCUT2D eigenvalue weighted by atomic mass is 19.1. The number of halogens is 1. The first kappa shape index (κ1) is 19.7. The molecule has 2 rings (SSSR count). The van der Waals surface area contributed by atoms with Crippen LogP contribution in [0.5, 0.6) is 5.75 Å². The van der Waals surface area contributed by atoms with Crippen LogP contribution in [0.15, 0.2) is 48.5 Å². The van der Waals surface area contributed by atoms with Crippen LogP contribution in [-0.2, 0) is 11.3 Å². The Kier molecular flexibility index (Phi) is 7.37. The van der Waals surface area contributed by atoms with Crippen LogP contribution in [0.2, 0.25) is 0 Å². The Morgan fingerprint density at radius 2 is 2.04 bits per heavy atom.